The van der Waals surface area contributed by atoms with Crippen molar-refractivity contribution in [2.75, 3.05) is 58.0 Å². The maximum Gasteiger partial charge on any atom is 0.296 e. The highest BCUT2D eigenvalue weighted by atomic mass is 16.5. The van der Waals surface area contributed by atoms with E-state index in [9.17, 15) is 29.1 Å². The van der Waals surface area contributed by atoms with Gasteiger partial charge in [0, 0.05) is 66.3 Å². The summed E-state index contributed by atoms with van der Waals surface area (Å²) in [6, 6.07) is 27.4. The number of piperidine rings is 1. The molecule has 3 heterocycles. The number of ether oxygens (including phenoxy) is 3. The van der Waals surface area contributed by atoms with Crippen molar-refractivity contribution in [3.8, 4) is 17.7 Å². The van der Waals surface area contributed by atoms with Crippen LogP contribution in [0.15, 0.2) is 96.0 Å². The van der Waals surface area contributed by atoms with Gasteiger partial charge in [-0.15, -0.1) is 0 Å². The number of nitrogens with one attached hydrogen (secondary N) is 5. The molecule has 0 saturated carbocycles. The van der Waals surface area contributed by atoms with E-state index in [2.05, 4.69) is 38.1 Å². The molecule has 5 aromatic rings. The minimum atomic E-state index is -0.695. The normalized spacial score (nSPS) is 14.8. The molecule has 336 valence electrons. The third-order valence-corrected chi connectivity index (χ3v) is 10.7. The maximum atomic E-state index is 12.9. The van der Waals surface area contributed by atoms with Crippen LogP contribution in [0.1, 0.15) is 64.4 Å². The van der Waals surface area contributed by atoms with Gasteiger partial charge in [0.2, 0.25) is 17.7 Å². The smallest absolute Gasteiger partial charge is 0.296 e. The molecule has 4 aromatic carbocycles. The SMILES string of the molecule is CCNC(=O)C#Cc1ccc2c(C(=Nc3ccc(CNCCOCCOCCOCCC(=O)Nc4ccc5c(c4)CN(C4CCC(=O)NC4=O)C5=O)cc3)c3ccccc3)c(O)[nH]c2c1. The topological polar surface area (TPSA) is 213 Å². The van der Waals surface area contributed by atoms with Crippen LogP contribution >= 0.6 is 0 Å². The summed E-state index contributed by atoms with van der Waals surface area (Å²) in [5.41, 5.74) is 6.84. The highest BCUT2D eigenvalue weighted by Crippen LogP contribution is 2.33. The molecule has 7 rings (SSSR count). The number of rotatable bonds is 20. The number of amides is 5. The Morgan fingerprint density at radius 2 is 1.65 bits per heavy atom. The van der Waals surface area contributed by atoms with Crippen molar-refractivity contribution in [1.82, 2.24) is 25.8 Å². The second-order valence-electron chi connectivity index (χ2n) is 15.3. The molecular weight excluding hydrogens is 831 g/mol. The summed E-state index contributed by atoms with van der Waals surface area (Å²) in [5, 5.41) is 23.1. The Labute approximate surface area is 376 Å². The van der Waals surface area contributed by atoms with Gasteiger partial charge >= 0.3 is 0 Å². The summed E-state index contributed by atoms with van der Waals surface area (Å²) in [7, 11) is 0. The summed E-state index contributed by atoms with van der Waals surface area (Å²) in [4.78, 5) is 70.6. The highest BCUT2D eigenvalue weighted by molar-refractivity contribution is 6.22. The molecule has 65 heavy (non-hydrogen) atoms. The lowest BCUT2D eigenvalue weighted by Gasteiger charge is -2.29. The number of imide groups is 1. The van der Waals surface area contributed by atoms with Crippen molar-refractivity contribution < 1.29 is 43.3 Å². The predicted molar refractivity (Wildman–Crippen MR) is 244 cm³/mol. The van der Waals surface area contributed by atoms with Crippen LogP contribution in [0, 0.1) is 11.8 Å². The van der Waals surface area contributed by atoms with Crippen LogP contribution in [0.25, 0.3) is 10.9 Å². The number of aromatic nitrogens is 1. The number of carbonyl (C=O) groups excluding carboxylic acids is 5. The molecule has 0 radical (unpaired) electrons. The van der Waals surface area contributed by atoms with Crippen molar-refractivity contribution in [2.45, 2.75) is 45.3 Å². The molecular formula is C49H51N7O9. The molecule has 0 aliphatic carbocycles. The number of hydrogen-bond acceptors (Lipinski definition) is 11. The third-order valence-electron chi connectivity index (χ3n) is 10.7. The van der Waals surface area contributed by atoms with Crippen molar-refractivity contribution >= 4 is 57.5 Å². The number of H-pyrrole nitrogens is 1. The molecule has 0 spiro atoms. The third kappa shape index (κ3) is 12.3. The van der Waals surface area contributed by atoms with Gasteiger partial charge in [-0.05, 0) is 66.9 Å². The molecule has 6 N–H and O–H groups in total. The quantitative estimate of drug-likeness (QED) is 0.0280. The number of aliphatic imine (C=N–C) groups is 1. The van der Waals surface area contributed by atoms with E-state index < -0.39 is 11.9 Å². The second kappa shape index (κ2) is 22.5. The summed E-state index contributed by atoms with van der Waals surface area (Å²) in [6.45, 7) is 6.09. The van der Waals surface area contributed by atoms with Gasteiger partial charge in [0.05, 0.1) is 68.5 Å². The Balaban J connectivity index is 0.768. The highest BCUT2D eigenvalue weighted by Gasteiger charge is 2.39. The minimum absolute atomic E-state index is 0.0185. The van der Waals surface area contributed by atoms with Crippen molar-refractivity contribution in [2.24, 2.45) is 4.99 Å². The van der Waals surface area contributed by atoms with Gasteiger partial charge in [-0.1, -0.05) is 54.5 Å². The monoisotopic (exact) mass is 881 g/mol. The number of nitrogens with zero attached hydrogens (tertiary/aromatic N) is 2. The van der Waals surface area contributed by atoms with Crippen LogP contribution in [-0.2, 0) is 46.5 Å². The molecule has 1 saturated heterocycles. The van der Waals surface area contributed by atoms with Gasteiger partial charge in [-0.3, -0.25) is 29.3 Å². The number of aromatic hydroxyl groups is 1. The minimum Gasteiger partial charge on any atom is -0.494 e. The zero-order chi connectivity index (χ0) is 45.5. The van der Waals surface area contributed by atoms with Crippen LogP contribution in [0.5, 0.6) is 5.88 Å². The van der Waals surface area contributed by atoms with E-state index in [1.165, 1.54) is 4.90 Å². The second-order valence-corrected chi connectivity index (χ2v) is 15.3. The summed E-state index contributed by atoms with van der Waals surface area (Å²) in [6.07, 6.45) is 0.610. The molecule has 16 nitrogen and oxygen atoms in total. The molecule has 1 aromatic heterocycles. The Kier molecular flexibility index (Phi) is 15.8. The summed E-state index contributed by atoms with van der Waals surface area (Å²) < 4.78 is 16.8. The lowest BCUT2D eigenvalue weighted by molar-refractivity contribution is -0.137. The fraction of sp³-hybridized carbons (Fsp3) is 0.306. The van der Waals surface area contributed by atoms with Gasteiger partial charge in [-0.25, -0.2) is 4.99 Å². The molecule has 1 atom stereocenters. The first-order valence-corrected chi connectivity index (χ1v) is 21.6. The molecule has 16 heteroatoms. The lowest BCUT2D eigenvalue weighted by atomic mass is 10.00. The lowest BCUT2D eigenvalue weighted by Crippen LogP contribution is -2.52. The van der Waals surface area contributed by atoms with Crippen LogP contribution in [0.3, 0.4) is 0 Å². The number of anilines is 1. The van der Waals surface area contributed by atoms with Gasteiger partial charge in [0.25, 0.3) is 11.8 Å². The average molecular weight is 882 g/mol. The van der Waals surface area contributed by atoms with Crippen molar-refractivity contribution in [3.05, 3.63) is 124 Å². The maximum absolute atomic E-state index is 12.9. The molecule has 1 unspecified atom stereocenters. The zero-order valence-electron chi connectivity index (χ0n) is 36.0. The van der Waals surface area contributed by atoms with E-state index in [-0.39, 0.29) is 61.9 Å². The first-order chi connectivity index (χ1) is 31.7. The van der Waals surface area contributed by atoms with Crippen molar-refractivity contribution in [1.29, 1.82) is 0 Å². The Bertz CT molecular complexity index is 2620. The molecule has 1 fully saturated rings. The zero-order valence-corrected chi connectivity index (χ0v) is 36.0. The average Bonchev–Trinajstić information content (AvgIpc) is 3.81. The van der Waals surface area contributed by atoms with E-state index in [0.29, 0.717) is 91.8 Å². The Hall–Kier alpha value is -7.16. The van der Waals surface area contributed by atoms with Crippen molar-refractivity contribution in [3.63, 3.8) is 0 Å². The number of aromatic amines is 1. The van der Waals surface area contributed by atoms with Gasteiger partial charge in [0.15, 0.2) is 5.88 Å². The number of carbonyl (C=O) groups is 5. The van der Waals surface area contributed by atoms with E-state index in [1.807, 2.05) is 73.7 Å². The van der Waals surface area contributed by atoms with E-state index >= 15 is 0 Å². The van der Waals surface area contributed by atoms with Gasteiger partial charge in [-0.2, -0.15) is 0 Å². The molecule has 5 amide bonds. The fourth-order valence-corrected chi connectivity index (χ4v) is 7.47. The summed E-state index contributed by atoms with van der Waals surface area (Å²) >= 11 is 0. The first kappa shape index (κ1) is 45.9. The molecule has 2 aliphatic heterocycles. The first-order valence-electron chi connectivity index (χ1n) is 21.6. The van der Waals surface area contributed by atoms with E-state index in [0.717, 1.165) is 22.2 Å². The molecule has 0 bridgehead atoms. The largest absolute Gasteiger partial charge is 0.494 e. The molecule has 2 aliphatic rings. The van der Waals surface area contributed by atoms with E-state index in [4.69, 9.17) is 19.2 Å². The van der Waals surface area contributed by atoms with Crippen LogP contribution in [0.4, 0.5) is 11.4 Å². The summed E-state index contributed by atoms with van der Waals surface area (Å²) in [5.74, 6) is 3.78. The van der Waals surface area contributed by atoms with Gasteiger partial charge in [0.1, 0.15) is 6.04 Å². The number of benzene rings is 4. The van der Waals surface area contributed by atoms with E-state index in [1.54, 1.807) is 24.3 Å². The Morgan fingerprint density at radius 3 is 2.40 bits per heavy atom. The number of hydrogen-bond donors (Lipinski definition) is 6. The van der Waals surface area contributed by atoms with Crippen LogP contribution in [-0.4, -0.2) is 109 Å². The standard InChI is InChI=1S/C49H51N7O9/c1-2-51-42(57)18-11-32-10-15-39-40(28-32)54-48(61)45(39)46(34-6-4-3-5-7-34)53-36-12-8-33(9-13-36)30-50-21-23-64-25-27-65-26-24-63-22-20-44(59)52-37-14-16-38-35(29-37)31-56(49(38)62)41-17-19-43(58)55-47(41)60/h3-10,12-16,28-29,41,50,54,61H,2,17,19-27,30-31H2,1H3,(H,51,57)(H,52,59)(H,55,58,60). The van der Waals surface area contributed by atoms with Crippen LogP contribution < -0.4 is 21.3 Å². The predicted octanol–water partition coefficient (Wildman–Crippen LogP) is 4.46. The number of fused-ring (bicyclic) bond motifs is 2. The van der Waals surface area contributed by atoms with Crippen LogP contribution in [0.2, 0.25) is 0 Å². The Morgan fingerprint density at radius 1 is 0.892 bits per heavy atom. The fourth-order valence-electron chi connectivity index (χ4n) is 7.47. The van der Waals surface area contributed by atoms with Gasteiger partial charge < -0.3 is 45.2 Å².